The summed E-state index contributed by atoms with van der Waals surface area (Å²) in [5.74, 6) is 0.0281. The molecule has 2 aliphatic rings. The van der Waals surface area contributed by atoms with E-state index in [-0.39, 0.29) is 17.9 Å². The van der Waals surface area contributed by atoms with Crippen LogP contribution in [0.5, 0.6) is 0 Å². The van der Waals surface area contributed by atoms with Crippen LogP contribution in [-0.4, -0.2) is 64.0 Å². The number of amides is 3. The zero-order valence-corrected chi connectivity index (χ0v) is 18.9. The molecule has 0 aromatic carbocycles. The highest BCUT2D eigenvalue weighted by Gasteiger charge is 2.42. The van der Waals surface area contributed by atoms with Gasteiger partial charge in [0.15, 0.2) is 0 Å². The number of nitrogens with zero attached hydrogens (tertiary/aromatic N) is 4. The lowest BCUT2D eigenvalue weighted by Crippen LogP contribution is -2.55. The van der Waals surface area contributed by atoms with E-state index in [2.05, 4.69) is 22.2 Å². The van der Waals surface area contributed by atoms with Gasteiger partial charge in [-0.2, -0.15) is 0 Å². The van der Waals surface area contributed by atoms with E-state index in [1.807, 2.05) is 17.7 Å². The Balaban J connectivity index is 1.39. The maximum Gasteiger partial charge on any atom is 0.324 e. The summed E-state index contributed by atoms with van der Waals surface area (Å²) in [6.07, 6.45) is 7.77. The van der Waals surface area contributed by atoms with E-state index in [0.717, 1.165) is 24.8 Å². The number of rotatable bonds is 5. The van der Waals surface area contributed by atoms with Gasteiger partial charge in [-0.05, 0) is 44.7 Å². The average molecular weight is 446 g/mol. The van der Waals surface area contributed by atoms with Crippen molar-refractivity contribution in [1.29, 1.82) is 0 Å². The highest BCUT2D eigenvalue weighted by atomic mass is 32.1. The smallest absolute Gasteiger partial charge is 0.324 e. The molecule has 10 heteroatoms. The fourth-order valence-corrected chi connectivity index (χ4v) is 6.05. The molecule has 0 bridgehead atoms. The number of carbonyl (C=O) groups is 2. The molecule has 3 heterocycles. The van der Waals surface area contributed by atoms with Gasteiger partial charge in [0.05, 0.1) is 17.9 Å². The SMILES string of the molecule is CCN(C(=O)NCCn1ccnc1)C(=O)[C@@H]1C[C@@H]2Cc3c(sc(N)c3N)C[C@H]2N(C)C1. The van der Waals surface area contributed by atoms with Gasteiger partial charge in [0.2, 0.25) is 5.91 Å². The van der Waals surface area contributed by atoms with Gasteiger partial charge in [0.1, 0.15) is 5.00 Å². The van der Waals surface area contributed by atoms with Crippen LogP contribution in [0.3, 0.4) is 0 Å². The first-order valence-corrected chi connectivity index (χ1v) is 11.6. The van der Waals surface area contributed by atoms with Gasteiger partial charge in [-0.3, -0.25) is 9.69 Å². The number of imide groups is 1. The van der Waals surface area contributed by atoms with Crippen LogP contribution in [-0.2, 0) is 24.2 Å². The zero-order chi connectivity index (χ0) is 22.1. The van der Waals surface area contributed by atoms with Gasteiger partial charge in [-0.1, -0.05) is 0 Å². The van der Waals surface area contributed by atoms with Crippen molar-refractivity contribution in [2.75, 3.05) is 38.1 Å². The molecule has 3 amide bonds. The molecular weight excluding hydrogens is 414 g/mol. The molecule has 168 valence electrons. The number of imidazole rings is 1. The lowest BCUT2D eigenvalue weighted by molar-refractivity contribution is -0.135. The van der Waals surface area contributed by atoms with E-state index in [1.165, 1.54) is 9.78 Å². The number of hydrogen-bond donors (Lipinski definition) is 3. The summed E-state index contributed by atoms with van der Waals surface area (Å²) >= 11 is 1.59. The van der Waals surface area contributed by atoms with Crippen LogP contribution in [0.1, 0.15) is 23.8 Å². The number of urea groups is 1. The van der Waals surface area contributed by atoms with E-state index >= 15 is 0 Å². The number of piperidine rings is 1. The topological polar surface area (TPSA) is 123 Å². The van der Waals surface area contributed by atoms with Crippen LogP contribution in [0, 0.1) is 11.8 Å². The van der Waals surface area contributed by atoms with Crippen LogP contribution in [0.15, 0.2) is 18.7 Å². The van der Waals surface area contributed by atoms with Crippen LogP contribution in [0.2, 0.25) is 0 Å². The lowest BCUT2D eigenvalue weighted by atomic mass is 9.74. The van der Waals surface area contributed by atoms with Crippen LogP contribution in [0.25, 0.3) is 0 Å². The summed E-state index contributed by atoms with van der Waals surface area (Å²) in [6.45, 7) is 3.90. The summed E-state index contributed by atoms with van der Waals surface area (Å²) in [7, 11) is 2.07. The largest absolute Gasteiger partial charge is 0.396 e. The van der Waals surface area contributed by atoms with Crippen LogP contribution >= 0.6 is 11.3 Å². The Hall–Kier alpha value is -2.59. The first kappa shape index (κ1) is 21.6. The molecule has 31 heavy (non-hydrogen) atoms. The van der Waals surface area contributed by atoms with E-state index in [9.17, 15) is 9.59 Å². The number of anilines is 2. The first-order chi connectivity index (χ1) is 14.9. The molecule has 0 spiro atoms. The van der Waals surface area contributed by atoms with E-state index in [1.54, 1.807) is 23.9 Å². The second-order valence-electron chi connectivity index (χ2n) is 8.50. The highest BCUT2D eigenvalue weighted by Crippen LogP contribution is 2.44. The Morgan fingerprint density at radius 1 is 1.35 bits per heavy atom. The molecule has 1 aliphatic carbocycles. The quantitative estimate of drug-likeness (QED) is 0.639. The van der Waals surface area contributed by atoms with E-state index in [4.69, 9.17) is 11.5 Å². The molecule has 3 atom stereocenters. The predicted octanol–water partition coefficient (Wildman–Crippen LogP) is 1.40. The van der Waals surface area contributed by atoms with Crippen molar-refractivity contribution in [3.63, 3.8) is 0 Å². The number of thiophene rings is 1. The molecule has 1 fully saturated rings. The standard InChI is InChI=1S/C21H31N7O2S/c1-3-28(21(30)25-5-7-27-6-4-24-12-27)20(29)14-8-13-9-15-17(31-19(23)18(15)22)10-16(13)26(2)11-14/h4,6,12-14,16H,3,5,7-11,22-23H2,1-2H3,(H,25,30)/t13-,14-,16-/m1/s1. The molecule has 2 aromatic rings. The molecule has 1 aliphatic heterocycles. The van der Waals surface area contributed by atoms with Gasteiger partial charge in [0.25, 0.3) is 0 Å². The summed E-state index contributed by atoms with van der Waals surface area (Å²) in [6, 6.07) is 0.0475. The molecule has 9 nitrogen and oxygen atoms in total. The minimum Gasteiger partial charge on any atom is -0.396 e. The van der Waals surface area contributed by atoms with Crippen molar-refractivity contribution in [2.45, 2.75) is 38.8 Å². The minimum atomic E-state index is -0.335. The van der Waals surface area contributed by atoms with Crippen LogP contribution < -0.4 is 16.8 Å². The third-order valence-corrected chi connectivity index (χ3v) is 7.71. The lowest BCUT2D eigenvalue weighted by Gasteiger charge is -2.45. The second-order valence-corrected chi connectivity index (χ2v) is 9.64. The fourth-order valence-electron chi connectivity index (χ4n) is 4.98. The van der Waals surface area contributed by atoms with Gasteiger partial charge >= 0.3 is 6.03 Å². The molecule has 0 radical (unpaired) electrons. The van der Waals surface area contributed by atoms with E-state index in [0.29, 0.717) is 48.8 Å². The third kappa shape index (κ3) is 4.27. The molecule has 0 unspecified atom stereocenters. The van der Waals surface area contributed by atoms with Crippen molar-refractivity contribution in [2.24, 2.45) is 11.8 Å². The Labute approximate surface area is 186 Å². The predicted molar refractivity (Wildman–Crippen MR) is 122 cm³/mol. The zero-order valence-electron chi connectivity index (χ0n) is 18.1. The maximum atomic E-state index is 13.3. The van der Waals surface area contributed by atoms with Crippen molar-refractivity contribution in [1.82, 2.24) is 24.7 Å². The maximum absolute atomic E-state index is 13.3. The number of nitrogens with two attached hydrogens (primary N) is 2. The monoisotopic (exact) mass is 445 g/mol. The van der Waals surface area contributed by atoms with Gasteiger partial charge in [0, 0.05) is 49.5 Å². The number of fused-ring (bicyclic) bond motifs is 2. The van der Waals surface area contributed by atoms with Crippen molar-refractivity contribution in [3.8, 4) is 0 Å². The number of nitrogen functional groups attached to an aromatic ring is 2. The molecule has 4 rings (SSSR count). The third-order valence-electron chi connectivity index (χ3n) is 6.61. The highest BCUT2D eigenvalue weighted by molar-refractivity contribution is 7.16. The summed E-state index contributed by atoms with van der Waals surface area (Å²) < 4.78 is 1.88. The average Bonchev–Trinajstić information content (AvgIpc) is 3.35. The molecule has 0 saturated carbocycles. The number of likely N-dealkylation sites (tertiary alicyclic amines) is 1. The number of carbonyl (C=O) groups excluding carboxylic acids is 2. The van der Waals surface area contributed by atoms with Crippen molar-refractivity contribution < 1.29 is 9.59 Å². The Morgan fingerprint density at radius 3 is 2.87 bits per heavy atom. The summed E-state index contributed by atoms with van der Waals surface area (Å²) in [4.78, 5) is 34.9. The number of aromatic nitrogens is 2. The van der Waals surface area contributed by atoms with Gasteiger partial charge in [-0.25, -0.2) is 9.78 Å². The Kier molecular flexibility index (Phi) is 6.19. The number of nitrogens with one attached hydrogen (secondary N) is 1. The van der Waals surface area contributed by atoms with Crippen molar-refractivity contribution >= 4 is 34.0 Å². The normalized spacial score (nSPS) is 23.1. The number of hydrogen-bond acceptors (Lipinski definition) is 7. The van der Waals surface area contributed by atoms with E-state index < -0.39 is 0 Å². The fraction of sp³-hybridized carbons (Fsp3) is 0.571. The molecule has 1 saturated heterocycles. The minimum absolute atomic E-state index is 0.100. The summed E-state index contributed by atoms with van der Waals surface area (Å²) in [5.41, 5.74) is 14.1. The Bertz CT molecular complexity index is 942. The van der Waals surface area contributed by atoms with Crippen LogP contribution in [0.4, 0.5) is 15.5 Å². The molecule has 5 N–H and O–H groups in total. The van der Waals surface area contributed by atoms with Gasteiger partial charge < -0.3 is 26.3 Å². The Morgan fingerprint density at radius 2 is 2.16 bits per heavy atom. The summed E-state index contributed by atoms with van der Waals surface area (Å²) in [5, 5.41) is 3.56. The molecular formula is C21H31N7O2S. The molecule has 2 aromatic heterocycles. The van der Waals surface area contributed by atoms with Gasteiger partial charge in [-0.15, -0.1) is 11.3 Å². The van der Waals surface area contributed by atoms with Crippen molar-refractivity contribution in [3.05, 3.63) is 29.2 Å². The number of likely N-dealkylation sites (N-methyl/N-ethyl adjacent to an activating group) is 1. The second kappa shape index (κ2) is 8.88. The first-order valence-electron chi connectivity index (χ1n) is 10.8.